The molecule has 0 N–H and O–H groups in total. The van der Waals surface area contributed by atoms with Gasteiger partial charge in [-0.15, -0.1) is 0 Å². The van der Waals surface area contributed by atoms with Crippen LogP contribution in [0, 0.1) is 0 Å². The molecule has 0 saturated carbocycles. The largest absolute Gasteiger partial charge is 0.493 e. The van der Waals surface area contributed by atoms with E-state index in [0.29, 0.717) is 17.9 Å². The van der Waals surface area contributed by atoms with Crippen molar-refractivity contribution < 1.29 is 9.53 Å². The molecule has 1 aliphatic rings. The molecule has 1 amide bonds. The third-order valence-corrected chi connectivity index (χ3v) is 5.35. The topological polar surface area (TPSA) is 32.8 Å². The fraction of sp³-hybridized carbons (Fsp3) is 0.292. The Morgan fingerprint density at radius 2 is 1.61 bits per heavy atom. The van der Waals surface area contributed by atoms with E-state index in [2.05, 4.69) is 47.4 Å². The predicted molar refractivity (Wildman–Crippen MR) is 113 cm³/mol. The van der Waals surface area contributed by atoms with Gasteiger partial charge in [0.05, 0.1) is 12.2 Å². The van der Waals surface area contributed by atoms with Crippen LogP contribution in [-0.2, 0) is 6.54 Å². The fourth-order valence-electron chi connectivity index (χ4n) is 3.88. The molecule has 4 heteroatoms. The number of carbonyl (C=O) groups is 1. The zero-order valence-corrected chi connectivity index (χ0v) is 16.3. The minimum Gasteiger partial charge on any atom is -0.493 e. The first-order chi connectivity index (χ1) is 13.8. The molecule has 0 unspecified atom stereocenters. The first-order valence-electron chi connectivity index (χ1n) is 9.96. The fourth-order valence-corrected chi connectivity index (χ4v) is 3.88. The van der Waals surface area contributed by atoms with Gasteiger partial charge in [0.1, 0.15) is 5.75 Å². The summed E-state index contributed by atoms with van der Waals surface area (Å²) in [6, 6.07) is 22.5. The van der Waals surface area contributed by atoms with Crippen LogP contribution in [0.15, 0.2) is 66.7 Å². The van der Waals surface area contributed by atoms with Crippen molar-refractivity contribution in [1.29, 1.82) is 0 Å². The maximum Gasteiger partial charge on any atom is 0.257 e. The second kappa shape index (κ2) is 8.44. The number of amides is 1. The van der Waals surface area contributed by atoms with Crippen LogP contribution < -0.4 is 4.74 Å². The van der Waals surface area contributed by atoms with E-state index in [1.807, 2.05) is 36.1 Å². The van der Waals surface area contributed by atoms with E-state index in [9.17, 15) is 4.79 Å². The molecule has 3 aromatic rings. The summed E-state index contributed by atoms with van der Waals surface area (Å²) in [6.45, 7) is 6.65. The lowest BCUT2D eigenvalue weighted by atomic mass is 10.0. The molecule has 1 heterocycles. The SMILES string of the molecule is CCOc1ccccc1C(=O)N1CCN(Cc2cccc3ccccc23)CC1. The Bertz CT molecular complexity index is 956. The number of nitrogens with zero attached hydrogens (tertiary/aromatic N) is 2. The van der Waals surface area contributed by atoms with Gasteiger partial charge in [0.15, 0.2) is 0 Å². The van der Waals surface area contributed by atoms with Crippen molar-refractivity contribution >= 4 is 16.7 Å². The van der Waals surface area contributed by atoms with E-state index in [0.717, 1.165) is 32.7 Å². The predicted octanol–water partition coefficient (Wildman–Crippen LogP) is 4.20. The number of hydrogen-bond acceptors (Lipinski definition) is 3. The Morgan fingerprint density at radius 3 is 2.43 bits per heavy atom. The van der Waals surface area contributed by atoms with Gasteiger partial charge in [-0.2, -0.15) is 0 Å². The lowest BCUT2D eigenvalue weighted by Gasteiger charge is -2.35. The van der Waals surface area contributed by atoms with Crippen molar-refractivity contribution in [1.82, 2.24) is 9.80 Å². The van der Waals surface area contributed by atoms with Crippen molar-refractivity contribution in [3.8, 4) is 5.75 Å². The molecule has 0 spiro atoms. The number of rotatable bonds is 5. The zero-order chi connectivity index (χ0) is 19.3. The quantitative estimate of drug-likeness (QED) is 0.671. The van der Waals surface area contributed by atoms with Crippen LogP contribution in [0.25, 0.3) is 10.8 Å². The first-order valence-corrected chi connectivity index (χ1v) is 9.96. The molecule has 28 heavy (non-hydrogen) atoms. The molecular weight excluding hydrogens is 348 g/mol. The Morgan fingerprint density at radius 1 is 0.893 bits per heavy atom. The highest BCUT2D eigenvalue weighted by molar-refractivity contribution is 5.97. The molecule has 3 aromatic carbocycles. The van der Waals surface area contributed by atoms with E-state index in [1.165, 1.54) is 16.3 Å². The van der Waals surface area contributed by atoms with E-state index in [4.69, 9.17) is 4.74 Å². The van der Waals surface area contributed by atoms with Gasteiger partial charge < -0.3 is 9.64 Å². The Hall–Kier alpha value is -2.85. The van der Waals surface area contributed by atoms with Gasteiger partial charge in [0.2, 0.25) is 0 Å². The second-order valence-electron chi connectivity index (χ2n) is 7.14. The van der Waals surface area contributed by atoms with Gasteiger partial charge >= 0.3 is 0 Å². The second-order valence-corrected chi connectivity index (χ2v) is 7.14. The summed E-state index contributed by atoms with van der Waals surface area (Å²) in [5.41, 5.74) is 2.01. The molecule has 0 aliphatic carbocycles. The normalized spacial score (nSPS) is 15.0. The Kier molecular flexibility index (Phi) is 5.58. The average molecular weight is 374 g/mol. The average Bonchev–Trinajstić information content (AvgIpc) is 2.75. The van der Waals surface area contributed by atoms with Crippen LogP contribution >= 0.6 is 0 Å². The monoisotopic (exact) mass is 374 g/mol. The summed E-state index contributed by atoms with van der Waals surface area (Å²) in [7, 11) is 0. The minimum absolute atomic E-state index is 0.0638. The van der Waals surface area contributed by atoms with E-state index >= 15 is 0 Å². The molecule has 4 rings (SSSR count). The van der Waals surface area contributed by atoms with Gasteiger partial charge in [-0.05, 0) is 35.4 Å². The summed E-state index contributed by atoms with van der Waals surface area (Å²) in [5.74, 6) is 0.738. The smallest absolute Gasteiger partial charge is 0.257 e. The molecule has 0 atom stereocenters. The lowest BCUT2D eigenvalue weighted by molar-refractivity contribution is 0.0625. The minimum atomic E-state index is 0.0638. The number of para-hydroxylation sites is 1. The molecule has 0 aromatic heterocycles. The summed E-state index contributed by atoms with van der Waals surface area (Å²) >= 11 is 0. The molecular formula is C24H26N2O2. The molecule has 1 aliphatic heterocycles. The number of piperazine rings is 1. The maximum absolute atomic E-state index is 13.0. The summed E-state index contributed by atoms with van der Waals surface area (Å²) < 4.78 is 5.63. The molecule has 144 valence electrons. The molecule has 1 fully saturated rings. The van der Waals surface area contributed by atoms with Gasteiger partial charge in [-0.1, -0.05) is 54.6 Å². The third kappa shape index (κ3) is 3.87. The summed E-state index contributed by atoms with van der Waals surface area (Å²) in [6.07, 6.45) is 0. The first kappa shape index (κ1) is 18.5. The molecule has 4 nitrogen and oxygen atoms in total. The Balaban J connectivity index is 1.41. The maximum atomic E-state index is 13.0. The standard InChI is InChI=1S/C24H26N2O2/c1-2-28-23-13-6-5-12-22(23)24(27)26-16-14-25(15-17-26)18-20-10-7-9-19-8-3-4-11-21(19)20/h3-13H,2,14-18H2,1H3. The summed E-state index contributed by atoms with van der Waals surface area (Å²) in [4.78, 5) is 17.3. The van der Waals surface area contributed by atoms with Gasteiger partial charge in [-0.25, -0.2) is 0 Å². The highest BCUT2D eigenvalue weighted by Crippen LogP contribution is 2.23. The van der Waals surface area contributed by atoms with Crippen molar-refractivity contribution in [3.63, 3.8) is 0 Å². The van der Waals surface area contributed by atoms with Crippen molar-refractivity contribution in [2.75, 3.05) is 32.8 Å². The third-order valence-electron chi connectivity index (χ3n) is 5.35. The summed E-state index contributed by atoms with van der Waals surface area (Å²) in [5, 5.41) is 2.59. The van der Waals surface area contributed by atoms with Crippen LogP contribution in [0.5, 0.6) is 5.75 Å². The number of ether oxygens (including phenoxy) is 1. The molecule has 0 bridgehead atoms. The zero-order valence-electron chi connectivity index (χ0n) is 16.3. The van der Waals surface area contributed by atoms with Crippen LogP contribution in [0.1, 0.15) is 22.8 Å². The number of fused-ring (bicyclic) bond motifs is 1. The van der Waals surface area contributed by atoms with Gasteiger partial charge in [0, 0.05) is 32.7 Å². The molecule has 1 saturated heterocycles. The number of hydrogen-bond donors (Lipinski definition) is 0. The van der Waals surface area contributed by atoms with Crippen LogP contribution in [0.4, 0.5) is 0 Å². The van der Waals surface area contributed by atoms with Crippen molar-refractivity contribution in [2.45, 2.75) is 13.5 Å². The van der Waals surface area contributed by atoms with Crippen LogP contribution in [0.2, 0.25) is 0 Å². The van der Waals surface area contributed by atoms with E-state index < -0.39 is 0 Å². The van der Waals surface area contributed by atoms with Gasteiger partial charge in [-0.3, -0.25) is 9.69 Å². The highest BCUT2D eigenvalue weighted by Gasteiger charge is 2.24. The molecule has 0 radical (unpaired) electrons. The van der Waals surface area contributed by atoms with E-state index in [1.54, 1.807) is 0 Å². The van der Waals surface area contributed by atoms with Crippen LogP contribution in [0.3, 0.4) is 0 Å². The van der Waals surface area contributed by atoms with E-state index in [-0.39, 0.29) is 5.91 Å². The number of benzene rings is 3. The lowest BCUT2D eigenvalue weighted by Crippen LogP contribution is -2.48. The highest BCUT2D eigenvalue weighted by atomic mass is 16.5. The van der Waals surface area contributed by atoms with Crippen molar-refractivity contribution in [3.05, 3.63) is 77.9 Å². The van der Waals surface area contributed by atoms with Crippen molar-refractivity contribution in [2.24, 2.45) is 0 Å². The Labute approximate surface area is 166 Å². The number of carbonyl (C=O) groups excluding carboxylic acids is 1. The van der Waals surface area contributed by atoms with Gasteiger partial charge in [0.25, 0.3) is 5.91 Å². The van der Waals surface area contributed by atoms with Crippen LogP contribution in [-0.4, -0.2) is 48.5 Å².